The van der Waals surface area contributed by atoms with E-state index in [0.29, 0.717) is 6.42 Å². The molecule has 0 radical (unpaired) electrons. The van der Waals surface area contributed by atoms with E-state index in [1.165, 1.54) is 18.2 Å². The van der Waals surface area contributed by atoms with Crippen LogP contribution >= 0.6 is 0 Å². The van der Waals surface area contributed by atoms with Gasteiger partial charge in [0.15, 0.2) is 6.29 Å². The molecule has 12 heteroatoms. The molecule has 2 heterocycles. The van der Waals surface area contributed by atoms with Crippen molar-refractivity contribution in [2.45, 2.75) is 56.8 Å². The zero-order valence-electron chi connectivity index (χ0n) is 19.5. The number of phenols is 1. The first-order valence-corrected chi connectivity index (χ1v) is 11.3. The van der Waals surface area contributed by atoms with Crippen molar-refractivity contribution in [3.63, 3.8) is 0 Å². The third-order valence-electron chi connectivity index (χ3n) is 6.02. The van der Waals surface area contributed by atoms with Crippen LogP contribution in [0.25, 0.3) is 0 Å². The highest BCUT2D eigenvalue weighted by atomic mass is 16.8. The van der Waals surface area contributed by atoms with Crippen molar-refractivity contribution < 1.29 is 59.2 Å². The van der Waals surface area contributed by atoms with Gasteiger partial charge in [0.2, 0.25) is 6.29 Å². The number of carbonyl (C=O) groups excluding carboxylic acids is 1. The normalized spacial score (nSPS) is 31.4. The summed E-state index contributed by atoms with van der Waals surface area (Å²) in [6.45, 7) is 0.958. The number of aliphatic hydroxyl groups is 4. The fraction of sp³-hybridized carbons (Fsp3) is 0.500. The molecular weight excluding hydrogens is 480 g/mol. The number of benzene rings is 1. The smallest absolute Gasteiger partial charge is 0.335 e. The summed E-state index contributed by atoms with van der Waals surface area (Å²) in [7, 11) is 0. The van der Waals surface area contributed by atoms with Crippen molar-refractivity contribution in [3.05, 3.63) is 53.3 Å². The molecule has 0 amide bonds. The van der Waals surface area contributed by atoms with Crippen LogP contribution in [0.2, 0.25) is 0 Å². The number of ether oxygens (including phenoxy) is 4. The summed E-state index contributed by atoms with van der Waals surface area (Å²) >= 11 is 0. The summed E-state index contributed by atoms with van der Waals surface area (Å²) in [6.07, 6.45) is -6.52. The molecule has 0 aliphatic carbocycles. The molecule has 0 saturated carbocycles. The fourth-order valence-electron chi connectivity index (χ4n) is 3.99. The van der Waals surface area contributed by atoms with Gasteiger partial charge in [0.25, 0.3) is 0 Å². The Bertz CT molecular complexity index is 970. The standard InChI is InChI=1S/C24H30O12/c1-2-14-15(9-18(27)33-8-7-12-3-5-13(26)6-4-12)16(22(31)32)11-34-23(14)36-24-21(30)20(29)19(28)17(10-25)35-24/h2-6,11,15,17,19-21,23-26,28-30H,7-10H2,1H3,(H,31,32)/b14-2-. The number of allylic oxidation sites excluding steroid dienone is 1. The molecule has 12 nitrogen and oxygen atoms in total. The van der Waals surface area contributed by atoms with Crippen molar-refractivity contribution in [1.82, 2.24) is 0 Å². The maximum atomic E-state index is 12.6. The molecule has 6 N–H and O–H groups in total. The summed E-state index contributed by atoms with van der Waals surface area (Å²) in [4.78, 5) is 24.4. The van der Waals surface area contributed by atoms with Crippen molar-refractivity contribution >= 4 is 11.9 Å². The number of aromatic hydroxyl groups is 1. The van der Waals surface area contributed by atoms with Crippen LogP contribution in [0.1, 0.15) is 18.9 Å². The van der Waals surface area contributed by atoms with Crippen LogP contribution in [0, 0.1) is 5.92 Å². The molecular formula is C24H30O12. The number of hydrogen-bond donors (Lipinski definition) is 6. The van der Waals surface area contributed by atoms with Gasteiger partial charge in [-0.25, -0.2) is 4.79 Å². The Morgan fingerprint density at radius 3 is 2.39 bits per heavy atom. The summed E-state index contributed by atoms with van der Waals surface area (Å²) in [5.74, 6) is -2.86. The first-order chi connectivity index (χ1) is 17.2. The number of aliphatic carboxylic acids is 1. The molecule has 1 aromatic rings. The largest absolute Gasteiger partial charge is 0.508 e. The molecule has 1 saturated heterocycles. The number of carbonyl (C=O) groups is 2. The Kier molecular flexibility index (Phi) is 9.43. The van der Waals surface area contributed by atoms with Crippen LogP contribution in [0.15, 0.2) is 47.7 Å². The fourth-order valence-corrected chi connectivity index (χ4v) is 3.99. The Hall–Kier alpha value is -3.00. The molecule has 0 bridgehead atoms. The van der Waals surface area contributed by atoms with Crippen LogP contribution in [0.5, 0.6) is 5.75 Å². The number of carboxylic acids is 1. The van der Waals surface area contributed by atoms with E-state index in [1.807, 2.05) is 0 Å². The minimum Gasteiger partial charge on any atom is -0.508 e. The van der Waals surface area contributed by atoms with Gasteiger partial charge >= 0.3 is 11.9 Å². The molecule has 36 heavy (non-hydrogen) atoms. The van der Waals surface area contributed by atoms with Crippen LogP contribution in [-0.2, 0) is 35.0 Å². The average Bonchev–Trinajstić information content (AvgIpc) is 2.85. The molecule has 2 aliphatic heterocycles. The number of hydrogen-bond acceptors (Lipinski definition) is 11. The van der Waals surface area contributed by atoms with E-state index in [1.54, 1.807) is 19.1 Å². The zero-order valence-corrected chi connectivity index (χ0v) is 19.5. The van der Waals surface area contributed by atoms with Gasteiger partial charge in [-0.05, 0) is 24.6 Å². The van der Waals surface area contributed by atoms with Crippen LogP contribution in [-0.4, -0.2) is 92.8 Å². The zero-order chi connectivity index (χ0) is 26.4. The molecule has 7 atom stereocenters. The predicted octanol–water partition coefficient (Wildman–Crippen LogP) is -0.428. The maximum absolute atomic E-state index is 12.6. The number of carboxylic acid groups (broad SMARTS) is 1. The highest BCUT2D eigenvalue weighted by Crippen LogP contribution is 2.35. The van der Waals surface area contributed by atoms with Crippen LogP contribution < -0.4 is 0 Å². The number of phenolic OH excluding ortho intramolecular Hbond substituents is 1. The van der Waals surface area contributed by atoms with E-state index >= 15 is 0 Å². The van der Waals surface area contributed by atoms with Crippen molar-refractivity contribution in [3.8, 4) is 5.75 Å². The quantitative estimate of drug-likeness (QED) is 0.186. The molecule has 3 rings (SSSR count). The van der Waals surface area contributed by atoms with Gasteiger partial charge in [0.05, 0.1) is 31.5 Å². The summed E-state index contributed by atoms with van der Waals surface area (Å²) < 4.78 is 21.6. The summed E-state index contributed by atoms with van der Waals surface area (Å²) in [5, 5.41) is 58.5. The van der Waals surface area contributed by atoms with E-state index in [4.69, 9.17) is 18.9 Å². The summed E-state index contributed by atoms with van der Waals surface area (Å²) in [6, 6.07) is 6.39. The highest BCUT2D eigenvalue weighted by molar-refractivity contribution is 5.89. The third kappa shape index (κ3) is 6.40. The van der Waals surface area contributed by atoms with Crippen molar-refractivity contribution in [2.75, 3.05) is 13.2 Å². The Morgan fingerprint density at radius 2 is 1.78 bits per heavy atom. The lowest BCUT2D eigenvalue weighted by atomic mass is 9.86. The number of rotatable bonds is 9. The lowest BCUT2D eigenvalue weighted by Crippen LogP contribution is -2.60. The van der Waals surface area contributed by atoms with E-state index in [2.05, 4.69) is 0 Å². The molecule has 0 spiro atoms. The van der Waals surface area contributed by atoms with Gasteiger partial charge in [-0.15, -0.1) is 0 Å². The Morgan fingerprint density at radius 1 is 1.08 bits per heavy atom. The first-order valence-electron chi connectivity index (χ1n) is 11.3. The third-order valence-corrected chi connectivity index (χ3v) is 6.02. The van der Waals surface area contributed by atoms with E-state index in [-0.39, 0.29) is 29.9 Å². The second kappa shape index (κ2) is 12.3. The van der Waals surface area contributed by atoms with Gasteiger partial charge in [0.1, 0.15) is 30.2 Å². The van der Waals surface area contributed by atoms with Crippen LogP contribution in [0.3, 0.4) is 0 Å². The lowest BCUT2D eigenvalue weighted by Gasteiger charge is -2.41. The van der Waals surface area contributed by atoms with E-state index in [9.17, 15) is 40.2 Å². The molecule has 0 aromatic heterocycles. The lowest BCUT2D eigenvalue weighted by molar-refractivity contribution is -0.327. The summed E-state index contributed by atoms with van der Waals surface area (Å²) in [5.41, 5.74) is 0.856. The first kappa shape index (κ1) is 27.6. The van der Waals surface area contributed by atoms with Gasteiger partial charge in [-0.3, -0.25) is 4.79 Å². The molecule has 1 aromatic carbocycles. The van der Waals surface area contributed by atoms with Gasteiger partial charge in [-0.1, -0.05) is 18.2 Å². The Balaban J connectivity index is 1.68. The minimum atomic E-state index is -1.70. The molecule has 198 valence electrons. The van der Waals surface area contributed by atoms with Crippen molar-refractivity contribution in [1.29, 1.82) is 0 Å². The van der Waals surface area contributed by atoms with Crippen LogP contribution in [0.4, 0.5) is 0 Å². The highest BCUT2D eigenvalue weighted by Gasteiger charge is 2.46. The monoisotopic (exact) mass is 510 g/mol. The van der Waals surface area contributed by atoms with E-state index in [0.717, 1.165) is 11.8 Å². The van der Waals surface area contributed by atoms with Gasteiger partial charge in [0, 0.05) is 17.9 Å². The van der Waals surface area contributed by atoms with E-state index < -0.39 is 61.5 Å². The molecule has 7 unspecified atom stereocenters. The molecule has 1 fully saturated rings. The second-order valence-corrected chi connectivity index (χ2v) is 8.36. The van der Waals surface area contributed by atoms with Crippen molar-refractivity contribution in [2.24, 2.45) is 5.92 Å². The minimum absolute atomic E-state index is 0.0366. The topological polar surface area (TPSA) is 192 Å². The maximum Gasteiger partial charge on any atom is 0.335 e. The SMILES string of the molecule is C/C=C1\C(OC2OC(CO)C(O)C(O)C2O)OC=C(C(=O)O)C1CC(=O)OCCc1ccc(O)cc1. The number of aliphatic hydroxyl groups excluding tert-OH is 4. The Labute approximate surface area is 206 Å². The van der Waals surface area contributed by atoms with Gasteiger partial charge < -0.3 is 49.6 Å². The number of esters is 1. The molecule has 2 aliphatic rings. The second-order valence-electron chi connectivity index (χ2n) is 8.36. The average molecular weight is 510 g/mol. The van der Waals surface area contributed by atoms with Gasteiger partial charge in [-0.2, -0.15) is 0 Å². The predicted molar refractivity (Wildman–Crippen MR) is 120 cm³/mol.